The Morgan fingerprint density at radius 2 is 1.89 bits per heavy atom. The van der Waals surface area contributed by atoms with E-state index in [4.69, 9.17) is 5.73 Å². The Labute approximate surface area is 121 Å². The average molecular weight is 283 g/mol. The van der Waals surface area contributed by atoms with Crippen molar-refractivity contribution < 1.29 is 4.79 Å². The summed E-state index contributed by atoms with van der Waals surface area (Å²) in [6, 6.07) is 6.02. The van der Waals surface area contributed by atoms with Gasteiger partial charge in [-0.1, -0.05) is 24.1 Å². The van der Waals surface area contributed by atoms with Crippen LogP contribution < -0.4 is 5.73 Å². The predicted octanol–water partition coefficient (Wildman–Crippen LogP) is 2.54. The van der Waals surface area contributed by atoms with Gasteiger partial charge in [0.25, 0.3) is 5.91 Å². The van der Waals surface area contributed by atoms with Gasteiger partial charge in [-0.3, -0.25) is 4.79 Å². The Morgan fingerprint density at radius 1 is 1.32 bits per heavy atom. The maximum absolute atomic E-state index is 12.4. The minimum absolute atomic E-state index is 0. The molecule has 1 fully saturated rings. The van der Waals surface area contributed by atoms with E-state index in [0.29, 0.717) is 6.54 Å². The molecule has 1 atom stereocenters. The molecular formula is C15H23ClN2O. The maximum atomic E-state index is 12.4. The number of hydrogen-bond acceptors (Lipinski definition) is 2. The van der Waals surface area contributed by atoms with Gasteiger partial charge in [-0.05, 0) is 44.4 Å². The first kappa shape index (κ1) is 16.0. The molecule has 1 unspecified atom stereocenters. The number of nitrogens with two attached hydrogens (primary N) is 1. The van der Waals surface area contributed by atoms with Crippen molar-refractivity contribution in [2.75, 3.05) is 19.6 Å². The molecule has 2 N–H and O–H groups in total. The molecule has 1 aliphatic heterocycles. The van der Waals surface area contributed by atoms with Crippen LogP contribution in [0.2, 0.25) is 0 Å². The number of carbonyl (C=O) groups excluding carboxylic acids is 1. The number of aryl methyl sites for hydroxylation is 2. The lowest BCUT2D eigenvalue weighted by molar-refractivity contribution is 0.0776. The van der Waals surface area contributed by atoms with Crippen LogP contribution in [0.15, 0.2) is 18.2 Å². The number of hydrogen-bond donors (Lipinski definition) is 1. The molecule has 0 bridgehead atoms. The molecule has 0 radical (unpaired) electrons. The summed E-state index contributed by atoms with van der Waals surface area (Å²) in [5, 5.41) is 0. The zero-order valence-electron chi connectivity index (χ0n) is 11.9. The van der Waals surface area contributed by atoms with Gasteiger partial charge >= 0.3 is 0 Å². The third kappa shape index (κ3) is 3.48. The van der Waals surface area contributed by atoms with Gasteiger partial charge in [-0.15, -0.1) is 12.4 Å². The van der Waals surface area contributed by atoms with Crippen LogP contribution in [0, 0.1) is 19.3 Å². The van der Waals surface area contributed by atoms with Gasteiger partial charge in [-0.2, -0.15) is 0 Å². The molecule has 1 aromatic carbocycles. The third-order valence-corrected chi connectivity index (χ3v) is 3.81. The lowest BCUT2D eigenvalue weighted by Gasteiger charge is -2.22. The molecule has 1 amide bonds. The van der Waals surface area contributed by atoms with Gasteiger partial charge in [0.05, 0.1) is 0 Å². The summed E-state index contributed by atoms with van der Waals surface area (Å²) >= 11 is 0. The van der Waals surface area contributed by atoms with Crippen molar-refractivity contribution in [3.63, 3.8) is 0 Å². The largest absolute Gasteiger partial charge is 0.338 e. The molecule has 2 rings (SSSR count). The zero-order valence-corrected chi connectivity index (χ0v) is 12.7. The maximum Gasteiger partial charge on any atom is 0.253 e. The topological polar surface area (TPSA) is 46.3 Å². The number of nitrogens with zero attached hydrogens (tertiary/aromatic N) is 1. The van der Waals surface area contributed by atoms with Crippen LogP contribution in [0.25, 0.3) is 0 Å². The van der Waals surface area contributed by atoms with Crippen LogP contribution in [-0.2, 0) is 0 Å². The van der Waals surface area contributed by atoms with Crippen molar-refractivity contribution >= 4 is 18.3 Å². The second kappa shape index (κ2) is 5.93. The first-order valence-electron chi connectivity index (χ1n) is 6.51. The Kier molecular flexibility index (Phi) is 4.99. The van der Waals surface area contributed by atoms with Crippen molar-refractivity contribution in [1.82, 2.24) is 4.90 Å². The van der Waals surface area contributed by atoms with E-state index in [1.54, 1.807) is 0 Å². The van der Waals surface area contributed by atoms with E-state index in [2.05, 4.69) is 13.0 Å². The summed E-state index contributed by atoms with van der Waals surface area (Å²) in [7, 11) is 0. The second-order valence-electron chi connectivity index (χ2n) is 5.87. The Hall–Kier alpha value is -1.06. The lowest BCUT2D eigenvalue weighted by atomic mass is 9.90. The van der Waals surface area contributed by atoms with Crippen LogP contribution in [0.3, 0.4) is 0 Å². The monoisotopic (exact) mass is 282 g/mol. The molecule has 1 saturated heterocycles. The Bertz CT molecular complexity index is 455. The number of halogens is 1. The molecule has 106 valence electrons. The van der Waals surface area contributed by atoms with Gasteiger partial charge in [0.2, 0.25) is 0 Å². The molecular weight excluding hydrogens is 260 g/mol. The van der Waals surface area contributed by atoms with E-state index >= 15 is 0 Å². The van der Waals surface area contributed by atoms with Gasteiger partial charge in [-0.25, -0.2) is 0 Å². The molecule has 1 aromatic rings. The zero-order chi connectivity index (χ0) is 13.3. The molecule has 1 heterocycles. The molecule has 0 spiro atoms. The normalized spacial score (nSPS) is 22.2. The average Bonchev–Trinajstić information content (AvgIpc) is 2.70. The number of carbonyl (C=O) groups is 1. The standard InChI is InChI=1S/C15H22N2O.ClH/c1-11-6-12(2)8-13(7-11)14(18)17-5-4-15(3,9-16)10-17;/h6-8H,4-5,9-10,16H2,1-3H3;1H. The molecule has 4 heteroatoms. The van der Waals surface area contributed by atoms with E-state index < -0.39 is 0 Å². The van der Waals surface area contributed by atoms with Crippen molar-refractivity contribution in [1.29, 1.82) is 0 Å². The van der Waals surface area contributed by atoms with Gasteiger partial charge < -0.3 is 10.6 Å². The third-order valence-electron chi connectivity index (χ3n) is 3.81. The molecule has 19 heavy (non-hydrogen) atoms. The van der Waals surface area contributed by atoms with Crippen LogP contribution >= 0.6 is 12.4 Å². The van der Waals surface area contributed by atoms with Crippen molar-refractivity contribution in [2.45, 2.75) is 27.2 Å². The number of likely N-dealkylation sites (tertiary alicyclic amines) is 1. The first-order chi connectivity index (χ1) is 8.43. The smallest absolute Gasteiger partial charge is 0.253 e. The minimum Gasteiger partial charge on any atom is -0.338 e. The van der Waals surface area contributed by atoms with Crippen LogP contribution in [0.1, 0.15) is 34.8 Å². The number of amides is 1. The quantitative estimate of drug-likeness (QED) is 0.906. The van der Waals surface area contributed by atoms with E-state index in [1.165, 1.54) is 0 Å². The van der Waals surface area contributed by atoms with Crippen LogP contribution in [-0.4, -0.2) is 30.4 Å². The van der Waals surface area contributed by atoms with Crippen LogP contribution in [0.5, 0.6) is 0 Å². The van der Waals surface area contributed by atoms with E-state index in [9.17, 15) is 4.79 Å². The Balaban J connectivity index is 0.00000180. The molecule has 0 saturated carbocycles. The highest BCUT2D eigenvalue weighted by atomic mass is 35.5. The fourth-order valence-corrected chi connectivity index (χ4v) is 2.64. The fraction of sp³-hybridized carbons (Fsp3) is 0.533. The fourth-order valence-electron chi connectivity index (χ4n) is 2.64. The van der Waals surface area contributed by atoms with E-state index in [0.717, 1.165) is 36.2 Å². The Morgan fingerprint density at radius 3 is 2.37 bits per heavy atom. The van der Waals surface area contributed by atoms with E-state index in [1.807, 2.05) is 30.9 Å². The summed E-state index contributed by atoms with van der Waals surface area (Å²) in [6.45, 7) is 8.44. The summed E-state index contributed by atoms with van der Waals surface area (Å²) in [5.41, 5.74) is 8.95. The second-order valence-corrected chi connectivity index (χ2v) is 5.87. The molecule has 0 aromatic heterocycles. The SMILES string of the molecule is Cc1cc(C)cc(C(=O)N2CCC(C)(CN)C2)c1.Cl. The summed E-state index contributed by atoms with van der Waals surface area (Å²) in [6.07, 6.45) is 1.00. The summed E-state index contributed by atoms with van der Waals surface area (Å²) in [4.78, 5) is 14.4. The molecule has 0 aliphatic carbocycles. The van der Waals surface area contributed by atoms with Crippen molar-refractivity contribution in [3.8, 4) is 0 Å². The molecule has 1 aliphatic rings. The lowest BCUT2D eigenvalue weighted by Crippen LogP contribution is -2.34. The predicted molar refractivity (Wildman–Crippen MR) is 80.8 cm³/mol. The highest BCUT2D eigenvalue weighted by Gasteiger charge is 2.35. The minimum atomic E-state index is 0. The highest BCUT2D eigenvalue weighted by molar-refractivity contribution is 5.94. The molecule has 3 nitrogen and oxygen atoms in total. The highest BCUT2D eigenvalue weighted by Crippen LogP contribution is 2.29. The summed E-state index contributed by atoms with van der Waals surface area (Å²) in [5.74, 6) is 0.138. The van der Waals surface area contributed by atoms with Crippen LogP contribution in [0.4, 0.5) is 0 Å². The van der Waals surface area contributed by atoms with Gasteiger partial charge in [0.1, 0.15) is 0 Å². The first-order valence-corrected chi connectivity index (χ1v) is 6.51. The number of benzene rings is 1. The summed E-state index contributed by atoms with van der Waals surface area (Å²) < 4.78 is 0. The van der Waals surface area contributed by atoms with Gasteiger partial charge in [0.15, 0.2) is 0 Å². The number of rotatable bonds is 2. The van der Waals surface area contributed by atoms with Crippen molar-refractivity contribution in [3.05, 3.63) is 34.9 Å². The van der Waals surface area contributed by atoms with E-state index in [-0.39, 0.29) is 23.7 Å². The van der Waals surface area contributed by atoms with Gasteiger partial charge in [0, 0.05) is 18.7 Å². The van der Waals surface area contributed by atoms with Crippen molar-refractivity contribution in [2.24, 2.45) is 11.1 Å².